The predicted molar refractivity (Wildman–Crippen MR) is 98.8 cm³/mol. The van der Waals surface area contributed by atoms with Crippen molar-refractivity contribution in [1.82, 2.24) is 9.88 Å². The number of hydrogen-bond acceptors (Lipinski definition) is 5. The zero-order valence-corrected chi connectivity index (χ0v) is 15.5. The minimum absolute atomic E-state index is 0.106. The Morgan fingerprint density at radius 1 is 1.42 bits per heavy atom. The number of benzene rings is 1. The number of carbonyl (C=O) groups excluding carboxylic acids is 1. The number of fused-ring (bicyclic) bond motifs is 1. The number of amides is 1. The second kappa shape index (κ2) is 7.35. The maximum atomic E-state index is 12.2. The number of anilines is 1. The van der Waals surface area contributed by atoms with Gasteiger partial charge in [0, 0.05) is 25.5 Å². The van der Waals surface area contributed by atoms with Crippen molar-refractivity contribution in [2.75, 3.05) is 37.5 Å². The van der Waals surface area contributed by atoms with Gasteiger partial charge in [0.15, 0.2) is 5.13 Å². The third kappa shape index (κ3) is 4.06. The maximum Gasteiger partial charge on any atom is 0.233 e. The van der Waals surface area contributed by atoms with Crippen molar-refractivity contribution < 1.29 is 9.53 Å². The van der Waals surface area contributed by atoms with Crippen LogP contribution < -0.4 is 5.32 Å². The first kappa shape index (κ1) is 17.6. The van der Waals surface area contributed by atoms with Gasteiger partial charge in [-0.25, -0.2) is 4.98 Å². The Bertz CT molecular complexity index is 726. The molecule has 0 spiro atoms. The number of ether oxygens (including phenoxy) is 1. The molecule has 0 unspecified atom stereocenters. The normalized spacial score (nSPS) is 16.5. The van der Waals surface area contributed by atoms with Crippen LogP contribution in [0.5, 0.6) is 0 Å². The third-order valence-electron chi connectivity index (χ3n) is 4.13. The minimum atomic E-state index is -0.610. The molecular formula is C17H22ClN3O2S. The van der Waals surface area contributed by atoms with Gasteiger partial charge < -0.3 is 10.1 Å². The molecule has 1 aliphatic heterocycles. The molecule has 5 nitrogen and oxygen atoms in total. The molecule has 0 bridgehead atoms. The highest BCUT2D eigenvalue weighted by molar-refractivity contribution is 7.22. The highest BCUT2D eigenvalue weighted by atomic mass is 35.5. The number of nitrogens with zero attached hydrogens (tertiary/aromatic N) is 2. The molecule has 130 valence electrons. The first-order valence-corrected chi connectivity index (χ1v) is 9.40. The summed E-state index contributed by atoms with van der Waals surface area (Å²) in [6.07, 6.45) is 0. The van der Waals surface area contributed by atoms with Crippen LogP contribution in [-0.4, -0.2) is 48.0 Å². The molecule has 0 saturated carbocycles. The van der Waals surface area contributed by atoms with Crippen LogP contribution in [0.3, 0.4) is 0 Å². The Labute approximate surface area is 151 Å². The van der Waals surface area contributed by atoms with Crippen molar-refractivity contribution in [3.8, 4) is 0 Å². The van der Waals surface area contributed by atoms with Gasteiger partial charge in [0.05, 0.1) is 28.8 Å². The van der Waals surface area contributed by atoms with E-state index in [0.717, 1.165) is 43.1 Å². The molecular weight excluding hydrogens is 346 g/mol. The van der Waals surface area contributed by atoms with Gasteiger partial charge in [-0.15, -0.1) is 11.6 Å². The van der Waals surface area contributed by atoms with Crippen molar-refractivity contribution in [1.29, 1.82) is 0 Å². The van der Waals surface area contributed by atoms with Gasteiger partial charge in [-0.05, 0) is 31.5 Å². The lowest BCUT2D eigenvalue weighted by Crippen LogP contribution is -2.35. The summed E-state index contributed by atoms with van der Waals surface area (Å²) in [5.74, 6) is 0.165. The molecule has 0 aliphatic carbocycles. The van der Waals surface area contributed by atoms with Crippen LogP contribution in [0.25, 0.3) is 10.2 Å². The topological polar surface area (TPSA) is 54.5 Å². The summed E-state index contributed by atoms with van der Waals surface area (Å²) in [7, 11) is 0. The first-order valence-electron chi connectivity index (χ1n) is 8.05. The first-order chi connectivity index (χ1) is 11.5. The summed E-state index contributed by atoms with van der Waals surface area (Å²) in [6.45, 7) is 8.10. The van der Waals surface area contributed by atoms with E-state index in [-0.39, 0.29) is 11.8 Å². The molecule has 1 fully saturated rings. The van der Waals surface area contributed by atoms with Crippen LogP contribution >= 0.6 is 22.9 Å². The number of halogens is 1. The maximum absolute atomic E-state index is 12.2. The van der Waals surface area contributed by atoms with Crippen LogP contribution in [0.15, 0.2) is 18.2 Å². The summed E-state index contributed by atoms with van der Waals surface area (Å²) in [4.78, 5) is 19.1. The molecule has 2 aromatic rings. The Morgan fingerprint density at radius 2 is 2.17 bits per heavy atom. The summed E-state index contributed by atoms with van der Waals surface area (Å²) >= 11 is 7.35. The standard InChI is InChI=1S/C17H22ClN3O2S/c1-17(2,11-18)15(22)20-16-19-13-4-3-12(9-14(13)24-16)10-21-5-7-23-8-6-21/h3-4,9H,5-8,10-11H2,1-2H3,(H,19,20,22). The number of nitrogens with one attached hydrogen (secondary N) is 1. The van der Waals surface area contributed by atoms with Crippen molar-refractivity contribution in [2.24, 2.45) is 5.41 Å². The SMILES string of the molecule is CC(C)(CCl)C(=O)Nc1nc2ccc(CN3CCOCC3)cc2s1. The highest BCUT2D eigenvalue weighted by Gasteiger charge is 2.27. The van der Waals surface area contributed by atoms with Crippen molar-refractivity contribution in [2.45, 2.75) is 20.4 Å². The summed E-state index contributed by atoms with van der Waals surface area (Å²) in [5, 5.41) is 3.50. The molecule has 1 aliphatic rings. The molecule has 7 heteroatoms. The van der Waals surface area contributed by atoms with Crippen molar-refractivity contribution in [3.63, 3.8) is 0 Å². The van der Waals surface area contributed by atoms with Gasteiger partial charge in [-0.3, -0.25) is 9.69 Å². The molecule has 1 amide bonds. The van der Waals surface area contributed by atoms with Gasteiger partial charge >= 0.3 is 0 Å². The molecule has 0 radical (unpaired) electrons. The largest absolute Gasteiger partial charge is 0.379 e. The molecule has 1 aromatic carbocycles. The lowest BCUT2D eigenvalue weighted by Gasteiger charge is -2.26. The molecule has 0 atom stereocenters. The van der Waals surface area contributed by atoms with E-state index in [0.29, 0.717) is 5.13 Å². The average molecular weight is 368 g/mol. The van der Waals surface area contributed by atoms with E-state index < -0.39 is 5.41 Å². The molecule has 1 saturated heterocycles. The van der Waals surface area contributed by atoms with Crippen LogP contribution in [0.2, 0.25) is 0 Å². The number of aromatic nitrogens is 1. The lowest BCUT2D eigenvalue weighted by atomic mass is 9.95. The number of thiazole rings is 1. The van der Waals surface area contributed by atoms with Crippen LogP contribution in [0.1, 0.15) is 19.4 Å². The fourth-order valence-corrected chi connectivity index (χ4v) is 3.51. The average Bonchev–Trinajstić information content (AvgIpc) is 2.97. The van der Waals surface area contributed by atoms with E-state index in [1.54, 1.807) is 0 Å². The summed E-state index contributed by atoms with van der Waals surface area (Å²) in [6, 6.07) is 6.28. The van der Waals surface area contributed by atoms with Crippen LogP contribution in [-0.2, 0) is 16.1 Å². The van der Waals surface area contributed by atoms with Gasteiger partial charge in [-0.1, -0.05) is 17.4 Å². The van der Waals surface area contributed by atoms with Gasteiger partial charge in [0.2, 0.25) is 5.91 Å². The molecule has 3 rings (SSSR count). The number of hydrogen-bond donors (Lipinski definition) is 1. The van der Waals surface area contributed by atoms with Crippen molar-refractivity contribution in [3.05, 3.63) is 23.8 Å². The highest BCUT2D eigenvalue weighted by Crippen LogP contribution is 2.29. The second-order valence-corrected chi connectivity index (χ2v) is 7.98. The quantitative estimate of drug-likeness (QED) is 0.823. The number of carbonyl (C=O) groups is 1. The second-order valence-electron chi connectivity index (χ2n) is 6.68. The van der Waals surface area contributed by atoms with Crippen molar-refractivity contribution >= 4 is 44.2 Å². The molecule has 1 aromatic heterocycles. The van der Waals surface area contributed by atoms with Gasteiger partial charge in [0.25, 0.3) is 0 Å². The van der Waals surface area contributed by atoms with E-state index >= 15 is 0 Å². The van der Waals surface area contributed by atoms with Crippen LogP contribution in [0.4, 0.5) is 5.13 Å². The van der Waals surface area contributed by atoms with E-state index in [1.165, 1.54) is 16.9 Å². The van der Waals surface area contributed by atoms with Gasteiger partial charge in [-0.2, -0.15) is 0 Å². The Balaban J connectivity index is 1.72. The Kier molecular flexibility index (Phi) is 5.39. The van der Waals surface area contributed by atoms with Gasteiger partial charge in [0.1, 0.15) is 0 Å². The van der Waals surface area contributed by atoms with Crippen LogP contribution in [0, 0.1) is 5.41 Å². The Hall–Kier alpha value is -1.21. The Morgan fingerprint density at radius 3 is 2.88 bits per heavy atom. The third-order valence-corrected chi connectivity index (χ3v) is 5.73. The number of alkyl halides is 1. The summed E-state index contributed by atoms with van der Waals surface area (Å²) in [5.41, 5.74) is 1.55. The zero-order chi connectivity index (χ0) is 17.2. The van der Waals surface area contributed by atoms with E-state index in [4.69, 9.17) is 16.3 Å². The lowest BCUT2D eigenvalue weighted by molar-refractivity contribution is -0.122. The van der Waals surface area contributed by atoms with E-state index in [1.807, 2.05) is 19.9 Å². The smallest absolute Gasteiger partial charge is 0.233 e. The fourth-order valence-electron chi connectivity index (χ4n) is 2.47. The predicted octanol–water partition coefficient (Wildman–Crippen LogP) is 3.33. The molecule has 1 N–H and O–H groups in total. The zero-order valence-electron chi connectivity index (χ0n) is 14.0. The monoisotopic (exact) mass is 367 g/mol. The fraction of sp³-hybridized carbons (Fsp3) is 0.529. The summed E-state index contributed by atoms with van der Waals surface area (Å²) < 4.78 is 6.47. The van der Waals surface area contributed by atoms with E-state index in [9.17, 15) is 4.79 Å². The van der Waals surface area contributed by atoms with E-state index in [2.05, 4.69) is 27.3 Å². The molecule has 24 heavy (non-hydrogen) atoms. The minimum Gasteiger partial charge on any atom is -0.379 e. The number of morpholine rings is 1. The number of rotatable bonds is 5. The molecule has 2 heterocycles.